The second kappa shape index (κ2) is 18.3. The average Bonchev–Trinajstić information content (AvgIpc) is 4.06. The Morgan fingerprint density at radius 2 is 0.816 bits per heavy atom. The maximum Gasteiger partial charge on any atom is 0.416 e. The van der Waals surface area contributed by atoms with Crippen molar-refractivity contribution in [1.82, 2.24) is 24.1 Å². The maximum absolute atomic E-state index is 15.2. The molecular formula is C66H38F3N7. The van der Waals surface area contributed by atoms with Crippen LogP contribution in [0.25, 0.3) is 127 Å². The highest BCUT2D eigenvalue weighted by Crippen LogP contribution is 2.45. The summed E-state index contributed by atoms with van der Waals surface area (Å²) in [6.07, 6.45) is -4.66. The third-order valence-corrected chi connectivity index (χ3v) is 14.1. The molecule has 0 radical (unpaired) electrons. The van der Waals surface area contributed by atoms with Crippen LogP contribution in [0.5, 0.6) is 0 Å². The number of aromatic nitrogens is 5. The lowest BCUT2D eigenvalue weighted by molar-refractivity contribution is -0.137. The van der Waals surface area contributed by atoms with E-state index in [9.17, 15) is 5.26 Å². The van der Waals surface area contributed by atoms with Gasteiger partial charge < -0.3 is 9.13 Å². The number of hydrogen-bond acceptors (Lipinski definition) is 4. The minimum atomic E-state index is -4.66. The van der Waals surface area contributed by atoms with Crippen LogP contribution in [0.4, 0.5) is 18.9 Å². The van der Waals surface area contributed by atoms with Crippen molar-refractivity contribution in [3.8, 4) is 85.0 Å². The van der Waals surface area contributed by atoms with E-state index >= 15 is 13.2 Å². The SMILES string of the molecule is [C-]#[N+]c1ccc(-c2ccc3c(c2)c2ccccc2n3-c2cc(-c3nc(-c4ccccc4)nc(-c4ccccc4)n3)ccc2-c2ccc(C(F)(F)F)cc2-n2c3ccccc3c3cc(-c4ccc(C#N)cc4)ccc32)cc1. The number of rotatable bonds is 8. The van der Waals surface area contributed by atoms with E-state index in [0.717, 1.165) is 83.1 Å². The van der Waals surface area contributed by atoms with Gasteiger partial charge in [0.05, 0.1) is 57.2 Å². The summed E-state index contributed by atoms with van der Waals surface area (Å²) in [5, 5.41) is 13.2. The molecule has 0 aliphatic rings. The van der Waals surface area contributed by atoms with Crippen molar-refractivity contribution in [2.75, 3.05) is 0 Å². The van der Waals surface area contributed by atoms with Gasteiger partial charge in [-0.1, -0.05) is 164 Å². The van der Waals surface area contributed by atoms with Gasteiger partial charge in [-0.25, -0.2) is 19.8 Å². The third-order valence-electron chi connectivity index (χ3n) is 14.1. The first-order valence-corrected chi connectivity index (χ1v) is 24.5. The van der Waals surface area contributed by atoms with Gasteiger partial charge in [-0.2, -0.15) is 18.4 Å². The topological polar surface area (TPSA) is 76.7 Å². The molecule has 13 rings (SSSR count). The van der Waals surface area contributed by atoms with Crippen LogP contribution in [0.2, 0.25) is 0 Å². The van der Waals surface area contributed by atoms with Gasteiger partial charge in [0, 0.05) is 49.4 Å². The first-order chi connectivity index (χ1) is 37.2. The summed E-state index contributed by atoms with van der Waals surface area (Å²) in [6.45, 7) is 7.51. The Bertz CT molecular complexity index is 4450. The molecule has 7 nitrogen and oxygen atoms in total. The van der Waals surface area contributed by atoms with Crippen molar-refractivity contribution in [2.45, 2.75) is 6.18 Å². The predicted molar refractivity (Wildman–Crippen MR) is 297 cm³/mol. The molecule has 0 fully saturated rings. The molecule has 0 saturated heterocycles. The molecule has 0 bridgehead atoms. The molecule has 10 aromatic carbocycles. The Morgan fingerprint density at radius 3 is 1.32 bits per heavy atom. The van der Waals surface area contributed by atoms with Crippen LogP contribution >= 0.6 is 0 Å². The van der Waals surface area contributed by atoms with Crippen LogP contribution < -0.4 is 0 Å². The molecule has 0 atom stereocenters. The van der Waals surface area contributed by atoms with E-state index in [1.54, 1.807) is 18.2 Å². The summed E-state index contributed by atoms with van der Waals surface area (Å²) in [5.74, 6) is 1.39. The van der Waals surface area contributed by atoms with E-state index in [1.807, 2.05) is 168 Å². The van der Waals surface area contributed by atoms with Crippen LogP contribution in [-0.4, -0.2) is 24.1 Å². The minimum absolute atomic E-state index is 0.338. The van der Waals surface area contributed by atoms with Crippen LogP contribution in [-0.2, 0) is 6.18 Å². The zero-order valence-corrected chi connectivity index (χ0v) is 40.2. The van der Waals surface area contributed by atoms with Crippen LogP contribution in [0.3, 0.4) is 0 Å². The number of para-hydroxylation sites is 2. The zero-order valence-electron chi connectivity index (χ0n) is 40.2. The standard InChI is InChI=1S/C66H38F3N7/c1-71-50-30-24-43(25-31-50)47-28-34-59-55(37-47)51-16-8-10-18-57(51)75(59)61-38-48(65-73-63(44-12-4-2-5-13-44)72-64(74-65)45-14-6-3-7-15-45)26-32-53(61)54-33-29-49(66(67,68)69)39-62(54)76-58-19-11-9-17-52(58)56-36-46(27-35-60(56)76)42-22-20-41(40-70)21-23-42/h2-39H. The number of nitrogens with zero attached hydrogens (tertiary/aromatic N) is 7. The number of alkyl halides is 3. The van der Waals surface area contributed by atoms with E-state index in [1.165, 1.54) is 6.07 Å². The Morgan fingerprint density at radius 1 is 0.395 bits per heavy atom. The van der Waals surface area contributed by atoms with Crippen molar-refractivity contribution in [3.63, 3.8) is 0 Å². The van der Waals surface area contributed by atoms with E-state index < -0.39 is 11.7 Å². The number of halogens is 3. The zero-order chi connectivity index (χ0) is 51.5. The molecule has 358 valence electrons. The molecule has 3 heterocycles. The van der Waals surface area contributed by atoms with E-state index in [2.05, 4.69) is 51.9 Å². The van der Waals surface area contributed by atoms with Gasteiger partial charge in [0.25, 0.3) is 0 Å². The summed E-state index contributed by atoms with van der Waals surface area (Å²) in [6, 6.07) is 74.7. The molecule has 0 spiro atoms. The summed E-state index contributed by atoms with van der Waals surface area (Å²) < 4.78 is 49.7. The van der Waals surface area contributed by atoms with Gasteiger partial charge in [0.2, 0.25) is 0 Å². The molecule has 0 unspecified atom stereocenters. The van der Waals surface area contributed by atoms with Gasteiger partial charge in [0.1, 0.15) is 0 Å². The van der Waals surface area contributed by atoms with Crippen molar-refractivity contribution in [1.29, 1.82) is 5.26 Å². The summed E-state index contributed by atoms with van der Waals surface area (Å²) in [4.78, 5) is 18.8. The van der Waals surface area contributed by atoms with Gasteiger partial charge in [-0.3, -0.25) is 0 Å². The molecule has 0 amide bonds. The number of fused-ring (bicyclic) bond motifs is 6. The third kappa shape index (κ3) is 7.90. The molecule has 0 saturated carbocycles. The average molecular weight is 986 g/mol. The highest BCUT2D eigenvalue weighted by molar-refractivity contribution is 6.13. The predicted octanol–water partition coefficient (Wildman–Crippen LogP) is 17.5. The Kier molecular flexibility index (Phi) is 10.9. The fraction of sp³-hybridized carbons (Fsp3) is 0.0152. The smallest absolute Gasteiger partial charge is 0.309 e. The van der Waals surface area contributed by atoms with Gasteiger partial charge in [-0.15, -0.1) is 0 Å². The summed E-state index contributed by atoms with van der Waals surface area (Å²) in [5.41, 5.74) is 11.8. The number of hydrogen-bond donors (Lipinski definition) is 0. The van der Waals surface area contributed by atoms with Crippen LogP contribution in [0.1, 0.15) is 11.1 Å². The van der Waals surface area contributed by atoms with Gasteiger partial charge in [-0.05, 0) is 89.0 Å². The fourth-order valence-electron chi connectivity index (χ4n) is 10.4. The molecule has 3 aromatic heterocycles. The lowest BCUT2D eigenvalue weighted by Crippen LogP contribution is -2.08. The molecule has 76 heavy (non-hydrogen) atoms. The fourth-order valence-corrected chi connectivity index (χ4v) is 10.4. The molecule has 10 heteroatoms. The first kappa shape index (κ1) is 45.4. The normalized spacial score (nSPS) is 11.6. The maximum atomic E-state index is 15.2. The van der Waals surface area contributed by atoms with E-state index in [0.29, 0.717) is 56.8 Å². The lowest BCUT2D eigenvalue weighted by atomic mass is 9.96. The van der Waals surface area contributed by atoms with Crippen molar-refractivity contribution >= 4 is 49.3 Å². The largest absolute Gasteiger partial charge is 0.416 e. The van der Waals surface area contributed by atoms with E-state index in [4.69, 9.17) is 21.5 Å². The second-order valence-electron chi connectivity index (χ2n) is 18.5. The summed E-state index contributed by atoms with van der Waals surface area (Å²) >= 11 is 0. The molecule has 13 aromatic rings. The lowest BCUT2D eigenvalue weighted by Gasteiger charge is -2.21. The molecule has 0 aliphatic heterocycles. The summed E-state index contributed by atoms with van der Waals surface area (Å²) in [7, 11) is 0. The van der Waals surface area contributed by atoms with Crippen LogP contribution in [0, 0.1) is 17.9 Å². The van der Waals surface area contributed by atoms with Gasteiger partial charge in [0.15, 0.2) is 23.2 Å². The quantitative estimate of drug-likeness (QED) is 0.142. The molecule has 0 aliphatic carbocycles. The van der Waals surface area contributed by atoms with Crippen molar-refractivity contribution in [3.05, 3.63) is 253 Å². The number of benzene rings is 10. The van der Waals surface area contributed by atoms with Gasteiger partial charge >= 0.3 is 6.18 Å². The van der Waals surface area contributed by atoms with Crippen molar-refractivity contribution < 1.29 is 13.2 Å². The molecule has 0 N–H and O–H groups in total. The van der Waals surface area contributed by atoms with Crippen molar-refractivity contribution in [2.24, 2.45) is 0 Å². The Hall–Kier alpha value is -10.4. The molecular weight excluding hydrogens is 948 g/mol. The highest BCUT2D eigenvalue weighted by atomic mass is 19.4. The number of nitriles is 1. The minimum Gasteiger partial charge on any atom is -0.309 e. The van der Waals surface area contributed by atoms with Crippen LogP contribution in [0.15, 0.2) is 231 Å². The monoisotopic (exact) mass is 985 g/mol. The Labute approximate surface area is 434 Å². The first-order valence-electron chi connectivity index (χ1n) is 24.5. The second-order valence-corrected chi connectivity index (χ2v) is 18.5. The Balaban J connectivity index is 1.10. The highest BCUT2D eigenvalue weighted by Gasteiger charge is 2.32. The van der Waals surface area contributed by atoms with E-state index in [-0.39, 0.29) is 0 Å².